The van der Waals surface area contributed by atoms with Crippen LogP contribution < -0.4 is 5.32 Å². The SMILES string of the molecule is CCNC(c1cc(C)c(Br)cc1C)C(C)C1CC1. The fourth-order valence-corrected chi connectivity index (χ4v) is 3.29. The fraction of sp³-hybridized carbons (Fsp3) is 0.625. The van der Waals surface area contributed by atoms with Crippen molar-refractivity contribution in [2.24, 2.45) is 11.8 Å². The van der Waals surface area contributed by atoms with E-state index in [2.05, 4.69) is 61.1 Å². The van der Waals surface area contributed by atoms with Crippen LogP contribution >= 0.6 is 15.9 Å². The van der Waals surface area contributed by atoms with Crippen molar-refractivity contribution in [3.05, 3.63) is 33.3 Å². The highest BCUT2D eigenvalue weighted by Crippen LogP contribution is 2.43. The summed E-state index contributed by atoms with van der Waals surface area (Å²) in [5, 5.41) is 3.69. The maximum Gasteiger partial charge on any atom is 0.0351 e. The number of rotatable bonds is 5. The van der Waals surface area contributed by atoms with Crippen molar-refractivity contribution in [2.75, 3.05) is 6.54 Å². The highest BCUT2D eigenvalue weighted by Gasteiger charge is 2.34. The van der Waals surface area contributed by atoms with Crippen molar-refractivity contribution in [2.45, 2.75) is 46.6 Å². The molecule has 1 fully saturated rings. The largest absolute Gasteiger partial charge is 0.310 e. The summed E-state index contributed by atoms with van der Waals surface area (Å²) in [4.78, 5) is 0. The third kappa shape index (κ3) is 2.97. The van der Waals surface area contributed by atoms with E-state index in [1.807, 2.05) is 0 Å². The molecule has 2 rings (SSSR count). The lowest BCUT2D eigenvalue weighted by Gasteiger charge is -2.27. The molecule has 100 valence electrons. The van der Waals surface area contributed by atoms with Crippen molar-refractivity contribution in [1.82, 2.24) is 5.32 Å². The molecule has 0 aromatic heterocycles. The first kappa shape index (κ1) is 14.1. The number of nitrogens with one attached hydrogen (secondary N) is 1. The van der Waals surface area contributed by atoms with Gasteiger partial charge in [0, 0.05) is 10.5 Å². The van der Waals surface area contributed by atoms with Gasteiger partial charge in [-0.2, -0.15) is 0 Å². The van der Waals surface area contributed by atoms with Gasteiger partial charge in [0.25, 0.3) is 0 Å². The van der Waals surface area contributed by atoms with Crippen LogP contribution in [0.3, 0.4) is 0 Å². The van der Waals surface area contributed by atoms with E-state index >= 15 is 0 Å². The van der Waals surface area contributed by atoms with Gasteiger partial charge in [-0.15, -0.1) is 0 Å². The number of benzene rings is 1. The lowest BCUT2D eigenvalue weighted by Crippen LogP contribution is -2.28. The molecule has 1 aromatic rings. The van der Waals surface area contributed by atoms with Crippen LogP contribution in [0.2, 0.25) is 0 Å². The molecule has 0 heterocycles. The fourth-order valence-electron chi connectivity index (χ4n) is 2.83. The van der Waals surface area contributed by atoms with Gasteiger partial charge in [0.2, 0.25) is 0 Å². The first-order chi connectivity index (χ1) is 8.54. The van der Waals surface area contributed by atoms with Crippen molar-refractivity contribution in [1.29, 1.82) is 0 Å². The molecule has 1 aliphatic rings. The summed E-state index contributed by atoms with van der Waals surface area (Å²) in [6.07, 6.45) is 2.83. The zero-order chi connectivity index (χ0) is 13.3. The van der Waals surface area contributed by atoms with Gasteiger partial charge in [-0.25, -0.2) is 0 Å². The third-order valence-electron chi connectivity index (χ3n) is 4.20. The Bertz CT molecular complexity index is 423. The molecule has 2 atom stereocenters. The van der Waals surface area contributed by atoms with Gasteiger partial charge in [-0.05, 0) is 67.8 Å². The Morgan fingerprint density at radius 3 is 2.50 bits per heavy atom. The summed E-state index contributed by atoms with van der Waals surface area (Å²) in [5.41, 5.74) is 4.21. The van der Waals surface area contributed by atoms with Gasteiger partial charge >= 0.3 is 0 Å². The number of hydrogen-bond acceptors (Lipinski definition) is 1. The van der Waals surface area contributed by atoms with Gasteiger partial charge in [0.15, 0.2) is 0 Å². The smallest absolute Gasteiger partial charge is 0.0351 e. The molecule has 0 spiro atoms. The Labute approximate surface area is 119 Å². The minimum absolute atomic E-state index is 0.509. The van der Waals surface area contributed by atoms with Crippen LogP contribution in [0, 0.1) is 25.7 Å². The summed E-state index contributed by atoms with van der Waals surface area (Å²) in [5.74, 6) is 1.67. The van der Waals surface area contributed by atoms with E-state index in [9.17, 15) is 0 Å². The van der Waals surface area contributed by atoms with Crippen LogP contribution in [0.1, 0.15) is 49.4 Å². The topological polar surface area (TPSA) is 12.0 Å². The molecule has 0 bridgehead atoms. The second kappa shape index (κ2) is 5.75. The molecule has 1 aliphatic carbocycles. The Kier molecular flexibility index (Phi) is 4.50. The molecule has 0 saturated heterocycles. The number of hydrogen-bond donors (Lipinski definition) is 1. The number of halogens is 1. The molecule has 1 saturated carbocycles. The predicted octanol–water partition coefficient (Wildman–Crippen LogP) is 4.76. The van der Waals surface area contributed by atoms with E-state index in [1.54, 1.807) is 0 Å². The Morgan fingerprint density at radius 2 is 1.94 bits per heavy atom. The highest BCUT2D eigenvalue weighted by molar-refractivity contribution is 9.10. The molecule has 0 amide bonds. The normalized spacial score (nSPS) is 18.7. The monoisotopic (exact) mass is 309 g/mol. The summed E-state index contributed by atoms with van der Waals surface area (Å²) in [6.45, 7) is 10.0. The minimum Gasteiger partial charge on any atom is -0.310 e. The number of aryl methyl sites for hydroxylation is 2. The summed E-state index contributed by atoms with van der Waals surface area (Å²) in [7, 11) is 0. The van der Waals surface area contributed by atoms with Crippen molar-refractivity contribution in [3.63, 3.8) is 0 Å². The predicted molar refractivity (Wildman–Crippen MR) is 81.9 cm³/mol. The van der Waals surface area contributed by atoms with Crippen LogP contribution in [0.5, 0.6) is 0 Å². The summed E-state index contributed by atoms with van der Waals surface area (Å²) < 4.78 is 1.22. The second-order valence-corrected chi connectivity index (χ2v) is 6.54. The van der Waals surface area contributed by atoms with E-state index in [0.717, 1.165) is 18.4 Å². The lowest BCUT2D eigenvalue weighted by atomic mass is 9.87. The maximum atomic E-state index is 3.69. The maximum absolute atomic E-state index is 3.69. The van der Waals surface area contributed by atoms with E-state index in [0.29, 0.717) is 6.04 Å². The zero-order valence-electron chi connectivity index (χ0n) is 11.9. The van der Waals surface area contributed by atoms with Crippen molar-refractivity contribution in [3.8, 4) is 0 Å². The molecule has 0 aliphatic heterocycles. The van der Waals surface area contributed by atoms with Crippen molar-refractivity contribution >= 4 is 15.9 Å². The van der Waals surface area contributed by atoms with Crippen LogP contribution in [0.25, 0.3) is 0 Å². The van der Waals surface area contributed by atoms with E-state index < -0.39 is 0 Å². The molecule has 1 aromatic carbocycles. The summed E-state index contributed by atoms with van der Waals surface area (Å²) >= 11 is 3.63. The van der Waals surface area contributed by atoms with Crippen LogP contribution in [-0.2, 0) is 0 Å². The summed E-state index contributed by atoms with van der Waals surface area (Å²) in [6, 6.07) is 5.12. The van der Waals surface area contributed by atoms with Gasteiger partial charge in [-0.1, -0.05) is 35.8 Å². The molecule has 1 N–H and O–H groups in total. The molecule has 2 unspecified atom stereocenters. The molecular weight excluding hydrogens is 286 g/mol. The van der Waals surface area contributed by atoms with E-state index in [4.69, 9.17) is 0 Å². The van der Waals surface area contributed by atoms with Gasteiger partial charge in [-0.3, -0.25) is 0 Å². The van der Waals surface area contributed by atoms with Gasteiger partial charge < -0.3 is 5.32 Å². The average molecular weight is 310 g/mol. The second-order valence-electron chi connectivity index (χ2n) is 5.69. The lowest BCUT2D eigenvalue weighted by molar-refractivity contribution is 0.354. The van der Waals surface area contributed by atoms with Crippen LogP contribution in [0.4, 0.5) is 0 Å². The molecule has 2 heteroatoms. The quantitative estimate of drug-likeness (QED) is 0.826. The van der Waals surface area contributed by atoms with Crippen LogP contribution in [0.15, 0.2) is 16.6 Å². The zero-order valence-corrected chi connectivity index (χ0v) is 13.5. The Morgan fingerprint density at radius 1 is 1.28 bits per heavy atom. The molecule has 18 heavy (non-hydrogen) atoms. The average Bonchev–Trinajstić information content (AvgIpc) is 3.14. The molecule has 0 radical (unpaired) electrons. The highest BCUT2D eigenvalue weighted by atomic mass is 79.9. The first-order valence-electron chi connectivity index (χ1n) is 7.04. The Balaban J connectivity index is 2.32. The molecule has 1 nitrogen and oxygen atoms in total. The molecular formula is C16H24BrN. The van der Waals surface area contributed by atoms with Crippen molar-refractivity contribution < 1.29 is 0 Å². The van der Waals surface area contributed by atoms with Crippen LogP contribution in [-0.4, -0.2) is 6.54 Å². The third-order valence-corrected chi connectivity index (χ3v) is 5.05. The van der Waals surface area contributed by atoms with Gasteiger partial charge in [0.05, 0.1) is 0 Å². The standard InChI is InChI=1S/C16H24BrN/c1-5-18-16(12(4)13-6-7-13)14-8-11(3)15(17)9-10(14)2/h8-9,12-13,16,18H,5-7H2,1-4H3. The van der Waals surface area contributed by atoms with E-state index in [-0.39, 0.29) is 0 Å². The Hall–Kier alpha value is -0.340. The van der Waals surface area contributed by atoms with Gasteiger partial charge in [0.1, 0.15) is 0 Å². The first-order valence-corrected chi connectivity index (χ1v) is 7.84. The minimum atomic E-state index is 0.509. The van der Waals surface area contributed by atoms with E-state index in [1.165, 1.54) is 34.0 Å².